The molecule has 25 heavy (non-hydrogen) atoms. The van der Waals surface area contributed by atoms with E-state index in [0.29, 0.717) is 12.6 Å². The molecule has 7 heteroatoms. The maximum Gasteiger partial charge on any atom is 0.135 e. The quantitative estimate of drug-likeness (QED) is 0.616. The number of hydrogen-bond donors (Lipinski definition) is 1. The molecule has 3 rings (SSSR count). The van der Waals surface area contributed by atoms with Crippen LogP contribution in [-0.2, 0) is 17.9 Å². The Bertz CT molecular complexity index is 739. The third kappa shape index (κ3) is 4.93. The van der Waals surface area contributed by atoms with Gasteiger partial charge in [-0.1, -0.05) is 43.9 Å². The Balaban J connectivity index is 0.00000225. The third-order valence-corrected chi connectivity index (χ3v) is 5.98. The van der Waals surface area contributed by atoms with Crippen LogP contribution in [0.1, 0.15) is 23.0 Å². The van der Waals surface area contributed by atoms with Gasteiger partial charge in [0.25, 0.3) is 0 Å². The molecule has 1 unspecified atom stereocenters. The van der Waals surface area contributed by atoms with Gasteiger partial charge in [-0.05, 0) is 11.6 Å². The molecule has 1 aliphatic heterocycles. The van der Waals surface area contributed by atoms with Crippen molar-refractivity contribution in [3.05, 3.63) is 53.6 Å². The van der Waals surface area contributed by atoms with Crippen LogP contribution in [0.15, 0.2) is 41.7 Å². The summed E-state index contributed by atoms with van der Waals surface area (Å²) in [5.74, 6) is 1.51. The molecule has 5 nitrogen and oxygen atoms in total. The normalized spacial score (nSPS) is 16.8. The predicted octanol–water partition coefficient (Wildman–Crippen LogP) is 3.62. The lowest BCUT2D eigenvalue weighted by molar-refractivity contribution is 0.0843. The molecule has 0 amide bonds. The fourth-order valence-corrected chi connectivity index (χ4v) is 3.61. The average Bonchev–Trinajstić information content (AvgIpc) is 2.99. The van der Waals surface area contributed by atoms with Gasteiger partial charge in [0.15, 0.2) is 0 Å². The number of nitrogens with zero attached hydrogens (tertiary/aromatic N) is 3. The molecular weight excluding hydrogens is 352 g/mol. The van der Waals surface area contributed by atoms with E-state index in [4.69, 9.17) is 10.5 Å². The molecule has 2 aromatic rings. The van der Waals surface area contributed by atoms with Crippen molar-refractivity contribution in [1.82, 2.24) is 9.55 Å². The summed E-state index contributed by atoms with van der Waals surface area (Å²) in [4.78, 5) is 9.16. The lowest BCUT2D eigenvalue weighted by atomic mass is 9.96. The Kier molecular flexibility index (Phi) is 6.43. The molecule has 1 aliphatic rings. The molecular formula is C18H27ClN4OSi. The second kappa shape index (κ2) is 8.16. The molecule has 0 saturated carbocycles. The van der Waals surface area contributed by atoms with Gasteiger partial charge in [-0.3, -0.25) is 4.99 Å². The van der Waals surface area contributed by atoms with E-state index in [1.54, 1.807) is 0 Å². The van der Waals surface area contributed by atoms with Crippen LogP contribution < -0.4 is 5.73 Å². The van der Waals surface area contributed by atoms with E-state index in [1.165, 1.54) is 11.6 Å². The van der Waals surface area contributed by atoms with E-state index < -0.39 is 8.07 Å². The fraction of sp³-hybridized carbons (Fsp3) is 0.444. The number of aromatic nitrogens is 2. The number of aliphatic imine (C=N–C) groups is 1. The van der Waals surface area contributed by atoms with E-state index in [1.807, 2.05) is 35.2 Å². The molecule has 1 atom stereocenters. The highest BCUT2D eigenvalue weighted by atomic mass is 35.5. The van der Waals surface area contributed by atoms with Crippen molar-refractivity contribution in [3.63, 3.8) is 0 Å². The van der Waals surface area contributed by atoms with Crippen molar-refractivity contribution < 1.29 is 4.74 Å². The van der Waals surface area contributed by atoms with Crippen molar-refractivity contribution in [1.29, 1.82) is 0 Å². The van der Waals surface area contributed by atoms with E-state index in [-0.39, 0.29) is 18.4 Å². The first-order valence-corrected chi connectivity index (χ1v) is 12.1. The Labute approximate surface area is 156 Å². The van der Waals surface area contributed by atoms with Crippen molar-refractivity contribution in [2.75, 3.05) is 6.61 Å². The number of imidazole rings is 1. The highest BCUT2D eigenvalue weighted by molar-refractivity contribution is 6.76. The largest absolute Gasteiger partial charge is 0.383 e. The first-order valence-electron chi connectivity index (χ1n) is 8.44. The molecule has 1 aromatic heterocycles. The topological polar surface area (TPSA) is 65.4 Å². The molecule has 0 radical (unpaired) electrons. The van der Waals surface area contributed by atoms with Gasteiger partial charge >= 0.3 is 0 Å². The number of hydrogen-bond acceptors (Lipinski definition) is 4. The molecule has 0 bridgehead atoms. The van der Waals surface area contributed by atoms with E-state index in [2.05, 4.69) is 35.7 Å². The third-order valence-electron chi connectivity index (χ3n) is 4.27. The minimum absolute atomic E-state index is 0. The monoisotopic (exact) mass is 378 g/mol. The SMILES string of the molecule is C[Si](C)(C)CCOCn1ccnc1C1Cc2ccccc2C(N)=N1.Cl. The standard InChI is InChI=1S/C18H26N4OSi.ClH/c1-24(2,3)11-10-23-13-22-9-8-20-18(22)16-12-14-6-4-5-7-15(14)17(19)21-16;/h4-9,16H,10-13H2,1-3H3,(H2,19,21);1H. The zero-order valence-corrected chi connectivity index (χ0v) is 16.9. The maximum absolute atomic E-state index is 6.15. The van der Waals surface area contributed by atoms with Crippen LogP contribution in [0.4, 0.5) is 0 Å². The van der Waals surface area contributed by atoms with Crippen molar-refractivity contribution in [2.45, 2.75) is 44.9 Å². The number of rotatable bonds is 6. The van der Waals surface area contributed by atoms with Crippen LogP contribution in [0.25, 0.3) is 0 Å². The summed E-state index contributed by atoms with van der Waals surface area (Å²) in [6.07, 6.45) is 4.59. The van der Waals surface area contributed by atoms with Gasteiger partial charge in [-0.25, -0.2) is 4.98 Å². The second-order valence-electron chi connectivity index (χ2n) is 7.49. The fourth-order valence-electron chi connectivity index (χ4n) is 2.86. The van der Waals surface area contributed by atoms with E-state index in [0.717, 1.165) is 24.4 Å². The predicted molar refractivity (Wildman–Crippen MR) is 107 cm³/mol. The maximum atomic E-state index is 6.15. The Hall–Kier alpha value is -1.63. The van der Waals surface area contributed by atoms with Crippen LogP contribution >= 0.6 is 12.4 Å². The summed E-state index contributed by atoms with van der Waals surface area (Å²) in [5.41, 5.74) is 8.41. The van der Waals surface area contributed by atoms with Gasteiger partial charge in [0.1, 0.15) is 24.4 Å². The molecule has 2 N–H and O–H groups in total. The van der Waals surface area contributed by atoms with Crippen molar-refractivity contribution in [3.8, 4) is 0 Å². The number of amidine groups is 1. The van der Waals surface area contributed by atoms with E-state index >= 15 is 0 Å². The average molecular weight is 379 g/mol. The van der Waals surface area contributed by atoms with Gasteiger partial charge in [-0.2, -0.15) is 0 Å². The first-order chi connectivity index (χ1) is 11.4. The minimum atomic E-state index is -1.06. The number of ether oxygens (including phenoxy) is 1. The van der Waals surface area contributed by atoms with Crippen molar-refractivity contribution >= 4 is 26.3 Å². The molecule has 0 saturated heterocycles. The summed E-state index contributed by atoms with van der Waals surface area (Å²) >= 11 is 0. The van der Waals surface area contributed by atoms with Crippen LogP contribution in [-0.4, -0.2) is 30.1 Å². The zero-order chi connectivity index (χ0) is 17.2. The number of benzene rings is 1. The summed E-state index contributed by atoms with van der Waals surface area (Å²) in [6, 6.07) is 9.29. The minimum Gasteiger partial charge on any atom is -0.383 e. The molecule has 0 spiro atoms. The van der Waals surface area contributed by atoms with E-state index in [9.17, 15) is 0 Å². The molecule has 1 aromatic carbocycles. The summed E-state index contributed by atoms with van der Waals surface area (Å²) in [7, 11) is -1.06. The van der Waals surface area contributed by atoms with Gasteiger partial charge in [0.05, 0.1) is 0 Å². The van der Waals surface area contributed by atoms with Gasteiger partial charge in [-0.15, -0.1) is 12.4 Å². The lowest BCUT2D eigenvalue weighted by Gasteiger charge is -2.22. The van der Waals surface area contributed by atoms with Crippen LogP contribution in [0.5, 0.6) is 0 Å². The Morgan fingerprint density at radius 1 is 1.28 bits per heavy atom. The van der Waals surface area contributed by atoms with Crippen molar-refractivity contribution in [2.24, 2.45) is 10.7 Å². The number of halogens is 1. The molecule has 0 aliphatic carbocycles. The highest BCUT2D eigenvalue weighted by Crippen LogP contribution is 2.27. The second-order valence-corrected chi connectivity index (χ2v) is 13.1. The summed E-state index contributed by atoms with van der Waals surface area (Å²) in [6.45, 7) is 8.39. The van der Waals surface area contributed by atoms with Crippen LogP contribution in [0.3, 0.4) is 0 Å². The van der Waals surface area contributed by atoms with Gasteiger partial charge < -0.3 is 15.0 Å². The zero-order valence-electron chi connectivity index (χ0n) is 15.1. The van der Waals surface area contributed by atoms with Crippen LogP contribution in [0, 0.1) is 0 Å². The highest BCUT2D eigenvalue weighted by Gasteiger charge is 2.24. The summed E-state index contributed by atoms with van der Waals surface area (Å²) in [5, 5.41) is 0. The molecule has 2 heterocycles. The molecule has 136 valence electrons. The number of nitrogens with two attached hydrogens (primary N) is 1. The Morgan fingerprint density at radius 3 is 2.80 bits per heavy atom. The lowest BCUT2D eigenvalue weighted by Crippen LogP contribution is -2.25. The first kappa shape index (κ1) is 19.7. The molecule has 0 fully saturated rings. The van der Waals surface area contributed by atoms with Crippen LogP contribution in [0.2, 0.25) is 25.7 Å². The van der Waals surface area contributed by atoms with Gasteiger partial charge in [0, 0.05) is 39.1 Å². The number of fused-ring (bicyclic) bond motifs is 1. The Morgan fingerprint density at radius 2 is 2.04 bits per heavy atom. The summed E-state index contributed by atoms with van der Waals surface area (Å²) < 4.78 is 7.90. The van der Waals surface area contributed by atoms with Gasteiger partial charge in [0.2, 0.25) is 0 Å². The smallest absolute Gasteiger partial charge is 0.135 e.